The Bertz CT molecular complexity index is 607. The van der Waals surface area contributed by atoms with Crippen LogP contribution in [0.1, 0.15) is 11.6 Å². The first kappa shape index (κ1) is 14.4. The second kappa shape index (κ2) is 5.71. The van der Waals surface area contributed by atoms with Gasteiger partial charge in [-0.2, -0.15) is 0 Å². The first-order chi connectivity index (χ1) is 10.1. The van der Waals surface area contributed by atoms with E-state index >= 15 is 0 Å². The Morgan fingerprint density at radius 3 is 2.86 bits per heavy atom. The fraction of sp³-hybridized carbons (Fsp3) is 0.286. The molecule has 5 nitrogen and oxygen atoms in total. The van der Waals surface area contributed by atoms with Crippen LogP contribution in [0.15, 0.2) is 41.6 Å². The SMILES string of the molecule is N[C@H](C(=O)N[C@H]1C(=O)N2C=C(Cl)CS[C@@H]12)c1ccccc1. The van der Waals surface area contributed by atoms with E-state index in [4.69, 9.17) is 17.3 Å². The van der Waals surface area contributed by atoms with Gasteiger partial charge < -0.3 is 16.0 Å². The van der Waals surface area contributed by atoms with Gasteiger partial charge >= 0.3 is 0 Å². The van der Waals surface area contributed by atoms with Crippen LogP contribution in [0.3, 0.4) is 0 Å². The molecular weight excluding hydrogens is 310 g/mol. The van der Waals surface area contributed by atoms with E-state index < -0.39 is 12.1 Å². The molecule has 0 aromatic heterocycles. The van der Waals surface area contributed by atoms with Crippen LogP contribution in [0, 0.1) is 0 Å². The predicted molar refractivity (Wildman–Crippen MR) is 82.3 cm³/mol. The van der Waals surface area contributed by atoms with E-state index in [0.29, 0.717) is 10.8 Å². The molecule has 0 saturated carbocycles. The number of carbonyl (C=O) groups excluding carboxylic acids is 2. The maximum absolute atomic E-state index is 12.2. The molecule has 0 bridgehead atoms. The third-order valence-electron chi connectivity index (χ3n) is 3.49. The quantitative estimate of drug-likeness (QED) is 0.819. The van der Waals surface area contributed by atoms with Crippen molar-refractivity contribution in [1.82, 2.24) is 10.2 Å². The minimum atomic E-state index is -0.777. The number of hydrogen-bond acceptors (Lipinski definition) is 4. The molecule has 3 rings (SSSR count). The molecule has 110 valence electrons. The third-order valence-corrected chi connectivity index (χ3v) is 5.20. The number of halogens is 1. The monoisotopic (exact) mass is 323 g/mol. The number of nitrogens with two attached hydrogens (primary N) is 1. The van der Waals surface area contributed by atoms with Gasteiger partial charge in [0.05, 0.1) is 0 Å². The number of rotatable bonds is 3. The maximum atomic E-state index is 12.2. The number of thioether (sulfide) groups is 1. The van der Waals surface area contributed by atoms with Gasteiger partial charge in [0.1, 0.15) is 17.5 Å². The largest absolute Gasteiger partial charge is 0.340 e. The van der Waals surface area contributed by atoms with E-state index in [0.717, 1.165) is 5.56 Å². The fourth-order valence-electron chi connectivity index (χ4n) is 2.34. The van der Waals surface area contributed by atoms with Crippen LogP contribution >= 0.6 is 23.4 Å². The molecule has 0 aliphatic carbocycles. The number of benzene rings is 1. The van der Waals surface area contributed by atoms with Crippen molar-refractivity contribution in [2.45, 2.75) is 17.5 Å². The molecule has 2 aliphatic rings. The Kier molecular flexibility index (Phi) is 3.93. The van der Waals surface area contributed by atoms with Crippen molar-refractivity contribution in [3.63, 3.8) is 0 Å². The molecule has 2 amide bonds. The minimum Gasteiger partial charge on any atom is -0.340 e. The Morgan fingerprint density at radius 2 is 2.14 bits per heavy atom. The van der Waals surface area contributed by atoms with Crippen molar-refractivity contribution in [2.24, 2.45) is 5.73 Å². The normalized spacial score (nSPS) is 25.5. The van der Waals surface area contributed by atoms with Crippen LogP contribution in [-0.4, -0.2) is 33.9 Å². The molecule has 2 heterocycles. The summed E-state index contributed by atoms with van der Waals surface area (Å²) in [6.07, 6.45) is 1.63. The smallest absolute Gasteiger partial charge is 0.253 e. The van der Waals surface area contributed by atoms with E-state index in [9.17, 15) is 9.59 Å². The highest BCUT2D eigenvalue weighted by atomic mass is 35.5. The summed E-state index contributed by atoms with van der Waals surface area (Å²) in [5, 5.41) is 3.27. The van der Waals surface area contributed by atoms with Gasteiger partial charge in [-0.25, -0.2) is 0 Å². The second-order valence-corrected chi connectivity index (χ2v) is 6.49. The van der Waals surface area contributed by atoms with Crippen LogP contribution in [0.2, 0.25) is 0 Å². The van der Waals surface area contributed by atoms with Crippen molar-refractivity contribution in [3.8, 4) is 0 Å². The van der Waals surface area contributed by atoms with E-state index in [1.54, 1.807) is 23.2 Å². The van der Waals surface area contributed by atoms with Gasteiger partial charge in [-0.1, -0.05) is 41.9 Å². The Labute approximate surface area is 131 Å². The summed E-state index contributed by atoms with van der Waals surface area (Å²) in [6, 6.07) is 7.77. The van der Waals surface area contributed by atoms with Gasteiger partial charge in [-0.3, -0.25) is 9.59 Å². The van der Waals surface area contributed by atoms with Crippen molar-refractivity contribution in [1.29, 1.82) is 0 Å². The third kappa shape index (κ3) is 2.66. The van der Waals surface area contributed by atoms with Crippen LogP contribution in [0.5, 0.6) is 0 Å². The molecule has 3 N–H and O–H groups in total. The second-order valence-electron chi connectivity index (χ2n) is 4.90. The highest BCUT2D eigenvalue weighted by Gasteiger charge is 2.49. The molecule has 3 atom stereocenters. The van der Waals surface area contributed by atoms with Gasteiger partial charge in [-0.05, 0) is 5.56 Å². The summed E-state index contributed by atoms with van der Waals surface area (Å²) in [6.45, 7) is 0. The van der Waals surface area contributed by atoms with Crippen molar-refractivity contribution in [3.05, 3.63) is 47.1 Å². The van der Waals surface area contributed by atoms with E-state index in [1.165, 1.54) is 11.8 Å². The summed E-state index contributed by atoms with van der Waals surface area (Å²) in [7, 11) is 0. The standard InChI is InChI=1S/C14H14ClN3O2S/c15-9-6-18-13(20)11(14(18)21-7-9)17-12(19)10(16)8-4-2-1-3-5-8/h1-6,10-11,14H,7,16H2,(H,17,19)/t10-,11-,14-/m0/s1. The molecule has 1 fully saturated rings. The summed E-state index contributed by atoms with van der Waals surface area (Å²) in [5.41, 5.74) is 6.64. The Morgan fingerprint density at radius 1 is 1.43 bits per heavy atom. The van der Waals surface area contributed by atoms with E-state index in [1.807, 2.05) is 18.2 Å². The highest BCUT2D eigenvalue weighted by Crippen LogP contribution is 2.37. The molecule has 0 radical (unpaired) electrons. The number of carbonyl (C=O) groups is 2. The summed E-state index contributed by atoms with van der Waals surface area (Å²) in [5.74, 6) is 0.145. The van der Waals surface area contributed by atoms with Crippen LogP contribution in [0.4, 0.5) is 0 Å². The summed E-state index contributed by atoms with van der Waals surface area (Å²) >= 11 is 7.43. The minimum absolute atomic E-state index is 0.0908. The highest BCUT2D eigenvalue weighted by molar-refractivity contribution is 8.00. The van der Waals surface area contributed by atoms with Gasteiger partial charge in [-0.15, -0.1) is 11.8 Å². The number of hydrogen-bond donors (Lipinski definition) is 2. The maximum Gasteiger partial charge on any atom is 0.253 e. The van der Waals surface area contributed by atoms with Crippen LogP contribution in [-0.2, 0) is 9.59 Å². The summed E-state index contributed by atoms with van der Waals surface area (Å²) < 4.78 is 0. The molecule has 7 heteroatoms. The fourth-order valence-corrected chi connectivity index (χ4v) is 3.74. The van der Waals surface area contributed by atoms with Crippen LogP contribution in [0.25, 0.3) is 0 Å². The molecule has 2 aliphatic heterocycles. The first-order valence-corrected chi connectivity index (χ1v) is 7.91. The molecule has 21 heavy (non-hydrogen) atoms. The average molecular weight is 324 g/mol. The molecule has 0 unspecified atom stereocenters. The molecule has 1 saturated heterocycles. The molecular formula is C14H14ClN3O2S. The Hall–Kier alpha value is -1.50. The average Bonchev–Trinajstić information content (AvgIpc) is 2.52. The molecule has 1 aromatic carbocycles. The number of nitrogens with zero attached hydrogens (tertiary/aromatic N) is 1. The number of amides is 2. The van der Waals surface area contributed by atoms with Crippen molar-refractivity contribution in [2.75, 3.05) is 5.75 Å². The number of β-lactam (4-membered cyclic amide) rings is 1. The van der Waals surface area contributed by atoms with E-state index in [2.05, 4.69) is 5.32 Å². The zero-order valence-electron chi connectivity index (χ0n) is 11.0. The lowest BCUT2D eigenvalue weighted by molar-refractivity contribution is -0.145. The van der Waals surface area contributed by atoms with Gasteiger partial charge in [0.2, 0.25) is 5.91 Å². The first-order valence-electron chi connectivity index (χ1n) is 6.49. The number of nitrogens with one attached hydrogen (secondary N) is 1. The van der Waals surface area contributed by atoms with Crippen molar-refractivity contribution >= 4 is 35.2 Å². The lowest BCUT2D eigenvalue weighted by Gasteiger charge is -2.47. The lowest BCUT2D eigenvalue weighted by atomic mass is 10.0. The zero-order valence-corrected chi connectivity index (χ0v) is 12.6. The van der Waals surface area contributed by atoms with E-state index in [-0.39, 0.29) is 17.2 Å². The molecule has 1 aromatic rings. The van der Waals surface area contributed by atoms with Gasteiger partial charge in [0.15, 0.2) is 0 Å². The Balaban J connectivity index is 1.65. The predicted octanol–water partition coefficient (Wildman–Crippen LogP) is 1.17. The van der Waals surface area contributed by atoms with Gasteiger partial charge in [0.25, 0.3) is 5.91 Å². The van der Waals surface area contributed by atoms with Gasteiger partial charge in [0, 0.05) is 17.0 Å². The van der Waals surface area contributed by atoms with Crippen LogP contribution < -0.4 is 11.1 Å². The number of fused-ring (bicyclic) bond motifs is 1. The molecule has 0 spiro atoms. The topological polar surface area (TPSA) is 75.4 Å². The zero-order chi connectivity index (χ0) is 15.0. The lowest BCUT2D eigenvalue weighted by Crippen LogP contribution is -2.68. The van der Waals surface area contributed by atoms with Crippen molar-refractivity contribution < 1.29 is 9.59 Å². The summed E-state index contributed by atoms with van der Waals surface area (Å²) in [4.78, 5) is 25.7.